The second-order valence-electron chi connectivity index (χ2n) is 4.28. The monoisotopic (exact) mass is 251 g/mol. The first kappa shape index (κ1) is 13.1. The quantitative estimate of drug-likeness (QED) is 0.591. The molecule has 88 valence electrons. The number of alkyl halides is 2. The summed E-state index contributed by atoms with van der Waals surface area (Å²) in [6.07, 6.45) is 2.76. The fraction of sp³-hybridized carbons (Fsp3) is 0.909. The minimum Gasteiger partial charge on any atom is -0.356 e. The first-order chi connectivity index (χ1) is 6.95. The Bertz CT molecular complexity index is 255. The molecule has 1 aliphatic carbocycles. The van der Waals surface area contributed by atoms with E-state index < -0.39 is 9.75 Å². The van der Waals surface area contributed by atoms with Gasteiger partial charge < -0.3 is 5.32 Å². The number of hydrogen-bond acceptors (Lipinski definition) is 1. The molecule has 1 rings (SSSR count). The Balaban J connectivity index is 2.58. The highest BCUT2D eigenvalue weighted by atomic mass is 35.5. The number of hydrogen-bond donors (Lipinski definition) is 1. The van der Waals surface area contributed by atoms with Crippen LogP contribution in [0.15, 0.2) is 0 Å². The number of amides is 1. The van der Waals surface area contributed by atoms with E-state index in [9.17, 15) is 4.79 Å². The third kappa shape index (κ3) is 1.87. The maximum atomic E-state index is 12.0. The van der Waals surface area contributed by atoms with Gasteiger partial charge in [-0.05, 0) is 12.8 Å². The summed E-state index contributed by atoms with van der Waals surface area (Å²) in [7, 11) is 0. The molecule has 2 nitrogen and oxygen atoms in total. The molecule has 15 heavy (non-hydrogen) atoms. The summed E-state index contributed by atoms with van der Waals surface area (Å²) < 4.78 is -0.877. The molecular formula is C11H19Cl2NO. The Kier molecular flexibility index (Phi) is 3.94. The lowest BCUT2D eigenvalue weighted by atomic mass is 9.99. The molecule has 0 aromatic carbocycles. The molecule has 0 saturated heterocycles. The first-order valence-electron chi connectivity index (χ1n) is 5.61. The lowest BCUT2D eigenvalue weighted by Crippen LogP contribution is -2.35. The molecule has 0 aromatic rings. The smallest absolute Gasteiger partial charge is 0.229 e. The van der Waals surface area contributed by atoms with Crippen molar-refractivity contribution in [3.05, 3.63) is 0 Å². The highest BCUT2D eigenvalue weighted by Gasteiger charge is 2.76. The number of halogens is 2. The van der Waals surface area contributed by atoms with Gasteiger partial charge in [0, 0.05) is 12.5 Å². The zero-order valence-corrected chi connectivity index (χ0v) is 11.1. The van der Waals surface area contributed by atoms with Gasteiger partial charge in [0.15, 0.2) is 0 Å². The van der Waals surface area contributed by atoms with Crippen LogP contribution in [0.4, 0.5) is 0 Å². The predicted octanol–water partition coefficient (Wildman–Crippen LogP) is 3.12. The number of carbonyl (C=O) groups excluding carboxylic acids is 1. The summed E-state index contributed by atoms with van der Waals surface area (Å²) in [5.74, 6) is 0.0518. The average Bonchev–Trinajstić information content (AvgIpc) is 2.62. The molecule has 0 radical (unpaired) electrons. The van der Waals surface area contributed by atoms with E-state index in [1.807, 2.05) is 13.8 Å². The standard InChI is InChI=1S/C11H19Cl2NO/c1-4-6-7-14-9(15)10(5-2)8(3)11(10,12)13/h8H,4-7H2,1-3H3,(H,14,15). The molecule has 0 heterocycles. The number of carbonyl (C=O) groups is 1. The lowest BCUT2D eigenvalue weighted by Gasteiger charge is -2.15. The van der Waals surface area contributed by atoms with Crippen molar-refractivity contribution >= 4 is 29.1 Å². The topological polar surface area (TPSA) is 29.1 Å². The third-order valence-corrected chi connectivity index (χ3v) is 4.90. The van der Waals surface area contributed by atoms with Crippen molar-refractivity contribution in [1.29, 1.82) is 0 Å². The number of nitrogens with one attached hydrogen (secondary N) is 1. The molecule has 0 aromatic heterocycles. The van der Waals surface area contributed by atoms with Gasteiger partial charge in [0.2, 0.25) is 5.91 Å². The molecule has 1 amide bonds. The van der Waals surface area contributed by atoms with Crippen molar-refractivity contribution in [2.75, 3.05) is 6.54 Å². The lowest BCUT2D eigenvalue weighted by molar-refractivity contribution is -0.127. The molecular weight excluding hydrogens is 233 g/mol. The maximum Gasteiger partial charge on any atom is 0.229 e. The number of unbranched alkanes of at least 4 members (excludes halogenated alkanes) is 1. The summed E-state index contributed by atoms with van der Waals surface area (Å²) in [6.45, 7) is 6.70. The predicted molar refractivity (Wildman–Crippen MR) is 64.2 cm³/mol. The van der Waals surface area contributed by atoms with E-state index in [1.54, 1.807) is 0 Å². The summed E-state index contributed by atoms with van der Waals surface area (Å²) in [5.41, 5.74) is -0.566. The van der Waals surface area contributed by atoms with Crippen LogP contribution in [0.1, 0.15) is 40.0 Å². The second-order valence-corrected chi connectivity index (χ2v) is 5.66. The zero-order chi connectivity index (χ0) is 11.7. The van der Waals surface area contributed by atoms with Crippen LogP contribution in [-0.2, 0) is 4.79 Å². The Morgan fingerprint density at radius 3 is 2.27 bits per heavy atom. The van der Waals surface area contributed by atoms with Crippen LogP contribution in [0.2, 0.25) is 0 Å². The zero-order valence-electron chi connectivity index (χ0n) is 9.57. The largest absolute Gasteiger partial charge is 0.356 e. The Labute approximate surface area is 102 Å². The van der Waals surface area contributed by atoms with E-state index >= 15 is 0 Å². The van der Waals surface area contributed by atoms with Gasteiger partial charge in [-0.25, -0.2) is 0 Å². The fourth-order valence-electron chi connectivity index (χ4n) is 2.23. The van der Waals surface area contributed by atoms with Crippen LogP contribution >= 0.6 is 23.2 Å². The van der Waals surface area contributed by atoms with E-state index in [1.165, 1.54) is 0 Å². The molecule has 2 unspecified atom stereocenters. The molecule has 0 bridgehead atoms. The van der Waals surface area contributed by atoms with Gasteiger partial charge in [0.1, 0.15) is 4.33 Å². The molecule has 1 aliphatic rings. The van der Waals surface area contributed by atoms with Crippen LogP contribution in [-0.4, -0.2) is 16.8 Å². The van der Waals surface area contributed by atoms with Crippen LogP contribution < -0.4 is 5.32 Å². The molecule has 2 atom stereocenters. The molecule has 0 aliphatic heterocycles. The van der Waals surface area contributed by atoms with Gasteiger partial charge in [-0.15, -0.1) is 23.2 Å². The van der Waals surface area contributed by atoms with Crippen LogP contribution in [0.25, 0.3) is 0 Å². The molecule has 1 N–H and O–H groups in total. The van der Waals surface area contributed by atoms with E-state index in [0.717, 1.165) is 12.8 Å². The minimum atomic E-state index is -0.877. The minimum absolute atomic E-state index is 0.0101. The van der Waals surface area contributed by atoms with Gasteiger partial charge in [-0.1, -0.05) is 27.2 Å². The first-order valence-corrected chi connectivity index (χ1v) is 6.36. The van der Waals surface area contributed by atoms with Crippen molar-refractivity contribution in [3.63, 3.8) is 0 Å². The van der Waals surface area contributed by atoms with Crippen LogP contribution in [0.3, 0.4) is 0 Å². The van der Waals surface area contributed by atoms with Crippen molar-refractivity contribution in [2.24, 2.45) is 11.3 Å². The van der Waals surface area contributed by atoms with Crippen molar-refractivity contribution < 1.29 is 4.79 Å². The van der Waals surface area contributed by atoms with Gasteiger partial charge in [0.25, 0.3) is 0 Å². The Hall–Kier alpha value is 0.0500. The van der Waals surface area contributed by atoms with Gasteiger partial charge in [-0.3, -0.25) is 4.79 Å². The van der Waals surface area contributed by atoms with E-state index in [-0.39, 0.29) is 11.8 Å². The maximum absolute atomic E-state index is 12.0. The van der Waals surface area contributed by atoms with Crippen LogP contribution in [0, 0.1) is 11.3 Å². The van der Waals surface area contributed by atoms with Crippen molar-refractivity contribution in [2.45, 2.75) is 44.4 Å². The fourth-order valence-corrected chi connectivity index (χ4v) is 3.26. The van der Waals surface area contributed by atoms with E-state index in [2.05, 4.69) is 12.2 Å². The molecule has 1 fully saturated rings. The summed E-state index contributed by atoms with van der Waals surface area (Å²) in [6, 6.07) is 0. The second kappa shape index (κ2) is 4.50. The number of rotatable bonds is 5. The summed E-state index contributed by atoms with van der Waals surface area (Å²) in [5, 5.41) is 2.92. The van der Waals surface area contributed by atoms with Crippen molar-refractivity contribution in [1.82, 2.24) is 5.32 Å². The van der Waals surface area contributed by atoms with Crippen molar-refractivity contribution in [3.8, 4) is 0 Å². The third-order valence-electron chi connectivity index (χ3n) is 3.57. The highest BCUT2D eigenvalue weighted by Crippen LogP contribution is 2.70. The summed E-state index contributed by atoms with van der Waals surface area (Å²) >= 11 is 12.3. The SMILES string of the molecule is CCCCNC(=O)C1(CC)C(C)C1(Cl)Cl. The Morgan fingerprint density at radius 2 is 1.93 bits per heavy atom. The van der Waals surface area contributed by atoms with Gasteiger partial charge in [-0.2, -0.15) is 0 Å². The van der Waals surface area contributed by atoms with E-state index in [4.69, 9.17) is 23.2 Å². The summed E-state index contributed by atoms with van der Waals surface area (Å²) in [4.78, 5) is 12.0. The molecule has 0 spiro atoms. The Morgan fingerprint density at radius 1 is 1.40 bits per heavy atom. The molecule has 4 heteroatoms. The van der Waals surface area contributed by atoms with Crippen LogP contribution in [0.5, 0.6) is 0 Å². The normalized spacial score (nSPS) is 32.5. The molecule has 1 saturated carbocycles. The average molecular weight is 252 g/mol. The van der Waals surface area contributed by atoms with Gasteiger partial charge in [0.05, 0.1) is 5.41 Å². The van der Waals surface area contributed by atoms with E-state index in [0.29, 0.717) is 13.0 Å². The highest BCUT2D eigenvalue weighted by molar-refractivity contribution is 6.53. The van der Waals surface area contributed by atoms with Gasteiger partial charge >= 0.3 is 0 Å².